The largest absolute Gasteiger partial charge is 0.322 e. The number of hydrogen-bond donors (Lipinski definition) is 1. The Morgan fingerprint density at radius 3 is 2.70 bits per heavy atom. The number of hydrogen-bond acceptors (Lipinski definition) is 2. The maximum Gasteiger partial charge on any atom is 0.256 e. The van der Waals surface area contributed by atoms with Crippen molar-refractivity contribution in [1.82, 2.24) is 4.90 Å². The molecule has 0 unspecified atom stereocenters. The Bertz CT molecular complexity index is 708. The first-order chi connectivity index (χ1) is 11.1. The first kappa shape index (κ1) is 15.7. The van der Waals surface area contributed by atoms with E-state index < -0.39 is 0 Å². The van der Waals surface area contributed by atoms with Gasteiger partial charge in [0.25, 0.3) is 5.91 Å². The van der Waals surface area contributed by atoms with Crippen LogP contribution in [0.25, 0.3) is 0 Å². The van der Waals surface area contributed by atoms with Gasteiger partial charge < -0.3 is 5.32 Å². The minimum absolute atomic E-state index is 0.277. The van der Waals surface area contributed by atoms with Gasteiger partial charge in [0.2, 0.25) is 0 Å². The van der Waals surface area contributed by atoms with Gasteiger partial charge in [0.1, 0.15) is 5.82 Å². The zero-order valence-electron chi connectivity index (χ0n) is 13.3. The molecule has 2 aromatic rings. The van der Waals surface area contributed by atoms with Crippen LogP contribution in [0.1, 0.15) is 34.3 Å². The van der Waals surface area contributed by atoms with E-state index in [1.165, 1.54) is 24.5 Å². The van der Waals surface area contributed by atoms with Gasteiger partial charge in [0.05, 0.1) is 0 Å². The standard InChI is InChI=1S/C19H21FN2O/c1-14-17(8-5-9-18(14)20)19(23)21-16-7-4-6-15(12-16)13-22-10-2-3-11-22/h4-9,12H,2-3,10-11,13H2,1H3,(H,21,23). The summed E-state index contributed by atoms with van der Waals surface area (Å²) in [5, 5.41) is 2.87. The highest BCUT2D eigenvalue weighted by molar-refractivity contribution is 6.05. The molecule has 0 atom stereocenters. The van der Waals surface area contributed by atoms with Crippen molar-refractivity contribution in [3.63, 3.8) is 0 Å². The number of carbonyl (C=O) groups is 1. The molecule has 0 aliphatic carbocycles. The molecule has 3 nitrogen and oxygen atoms in total. The highest BCUT2D eigenvalue weighted by Gasteiger charge is 2.14. The number of likely N-dealkylation sites (tertiary alicyclic amines) is 1. The molecular formula is C19H21FN2O. The molecular weight excluding hydrogens is 291 g/mol. The van der Waals surface area contributed by atoms with Gasteiger partial charge in [-0.3, -0.25) is 9.69 Å². The van der Waals surface area contributed by atoms with Gasteiger partial charge in [-0.2, -0.15) is 0 Å². The van der Waals surface area contributed by atoms with E-state index in [9.17, 15) is 9.18 Å². The lowest BCUT2D eigenvalue weighted by Crippen LogP contribution is -2.18. The molecule has 0 bridgehead atoms. The third-order valence-corrected chi connectivity index (χ3v) is 4.30. The van der Waals surface area contributed by atoms with E-state index in [2.05, 4.69) is 16.3 Å². The zero-order valence-corrected chi connectivity index (χ0v) is 13.3. The molecule has 23 heavy (non-hydrogen) atoms. The van der Waals surface area contributed by atoms with Crippen LogP contribution in [-0.2, 0) is 6.54 Å². The Balaban J connectivity index is 1.72. The number of nitrogens with one attached hydrogen (secondary N) is 1. The Labute approximate surface area is 136 Å². The summed E-state index contributed by atoms with van der Waals surface area (Å²) in [5.74, 6) is -0.638. The van der Waals surface area contributed by atoms with Gasteiger partial charge in [-0.25, -0.2) is 4.39 Å². The SMILES string of the molecule is Cc1c(F)cccc1C(=O)Nc1cccc(CN2CCCC2)c1. The third-order valence-electron chi connectivity index (χ3n) is 4.30. The number of halogens is 1. The quantitative estimate of drug-likeness (QED) is 0.926. The summed E-state index contributed by atoms with van der Waals surface area (Å²) in [7, 11) is 0. The van der Waals surface area contributed by atoms with Crippen LogP contribution in [0.2, 0.25) is 0 Å². The highest BCUT2D eigenvalue weighted by atomic mass is 19.1. The van der Waals surface area contributed by atoms with Gasteiger partial charge in [0.15, 0.2) is 0 Å². The normalized spacial score (nSPS) is 14.9. The summed E-state index contributed by atoms with van der Waals surface area (Å²) >= 11 is 0. The first-order valence-electron chi connectivity index (χ1n) is 8.01. The van der Waals surface area contributed by atoms with Crippen molar-refractivity contribution in [2.75, 3.05) is 18.4 Å². The fraction of sp³-hybridized carbons (Fsp3) is 0.316. The van der Waals surface area contributed by atoms with Crippen LogP contribution in [0, 0.1) is 12.7 Å². The fourth-order valence-electron chi connectivity index (χ4n) is 3.00. The minimum atomic E-state index is -0.361. The molecule has 1 heterocycles. The Hall–Kier alpha value is -2.20. The van der Waals surface area contributed by atoms with Gasteiger partial charge in [-0.15, -0.1) is 0 Å². The summed E-state index contributed by atoms with van der Waals surface area (Å²) < 4.78 is 13.6. The lowest BCUT2D eigenvalue weighted by molar-refractivity contribution is 0.102. The smallest absolute Gasteiger partial charge is 0.256 e. The number of carbonyl (C=O) groups excluding carboxylic acids is 1. The molecule has 1 fully saturated rings. The number of anilines is 1. The summed E-state index contributed by atoms with van der Waals surface area (Å²) in [4.78, 5) is 14.8. The van der Waals surface area contributed by atoms with Crippen molar-refractivity contribution in [1.29, 1.82) is 0 Å². The number of nitrogens with zero attached hydrogens (tertiary/aromatic N) is 1. The highest BCUT2D eigenvalue weighted by Crippen LogP contribution is 2.18. The van der Waals surface area contributed by atoms with E-state index in [-0.39, 0.29) is 11.7 Å². The first-order valence-corrected chi connectivity index (χ1v) is 8.01. The van der Waals surface area contributed by atoms with E-state index in [0.29, 0.717) is 11.1 Å². The molecule has 1 aliphatic heterocycles. The monoisotopic (exact) mass is 312 g/mol. The summed E-state index contributed by atoms with van der Waals surface area (Å²) in [6, 6.07) is 12.4. The summed E-state index contributed by atoms with van der Waals surface area (Å²) in [5.41, 5.74) is 2.67. The molecule has 1 aliphatic rings. The van der Waals surface area contributed by atoms with E-state index in [1.54, 1.807) is 19.1 Å². The van der Waals surface area contributed by atoms with E-state index >= 15 is 0 Å². The van der Waals surface area contributed by atoms with Crippen molar-refractivity contribution in [3.05, 3.63) is 65.0 Å². The van der Waals surface area contributed by atoms with E-state index in [0.717, 1.165) is 25.3 Å². The van der Waals surface area contributed by atoms with Crippen LogP contribution >= 0.6 is 0 Å². The average molecular weight is 312 g/mol. The molecule has 0 saturated carbocycles. The van der Waals surface area contributed by atoms with Crippen LogP contribution in [0.4, 0.5) is 10.1 Å². The lowest BCUT2D eigenvalue weighted by atomic mass is 10.1. The molecule has 0 aromatic heterocycles. The predicted molar refractivity (Wildman–Crippen MR) is 90.0 cm³/mol. The van der Waals surface area contributed by atoms with Crippen molar-refractivity contribution in [2.24, 2.45) is 0 Å². The van der Waals surface area contributed by atoms with Crippen LogP contribution in [0.3, 0.4) is 0 Å². The fourth-order valence-corrected chi connectivity index (χ4v) is 3.00. The topological polar surface area (TPSA) is 32.3 Å². The second-order valence-electron chi connectivity index (χ2n) is 6.05. The van der Waals surface area contributed by atoms with Gasteiger partial charge in [-0.05, 0) is 68.2 Å². The van der Waals surface area contributed by atoms with Gasteiger partial charge >= 0.3 is 0 Å². The predicted octanol–water partition coefficient (Wildman–Crippen LogP) is 3.98. The van der Waals surface area contributed by atoms with Gasteiger partial charge in [-0.1, -0.05) is 18.2 Å². The lowest BCUT2D eigenvalue weighted by Gasteiger charge is -2.15. The van der Waals surface area contributed by atoms with E-state index in [1.807, 2.05) is 18.2 Å². The van der Waals surface area contributed by atoms with Gasteiger partial charge in [0, 0.05) is 17.8 Å². The van der Waals surface area contributed by atoms with Crippen LogP contribution in [0.5, 0.6) is 0 Å². The number of benzene rings is 2. The minimum Gasteiger partial charge on any atom is -0.322 e. The van der Waals surface area contributed by atoms with Crippen molar-refractivity contribution >= 4 is 11.6 Å². The molecule has 1 saturated heterocycles. The molecule has 120 valence electrons. The molecule has 2 aromatic carbocycles. The average Bonchev–Trinajstić information content (AvgIpc) is 3.03. The summed E-state index contributed by atoms with van der Waals surface area (Å²) in [6.45, 7) is 4.80. The van der Waals surface area contributed by atoms with E-state index in [4.69, 9.17) is 0 Å². The van der Waals surface area contributed by atoms with Crippen molar-refractivity contribution in [3.8, 4) is 0 Å². The maximum absolute atomic E-state index is 13.6. The molecule has 3 rings (SSSR count). The molecule has 0 radical (unpaired) electrons. The van der Waals surface area contributed by atoms with Crippen LogP contribution in [0.15, 0.2) is 42.5 Å². The zero-order chi connectivity index (χ0) is 16.2. The van der Waals surface area contributed by atoms with Crippen LogP contribution < -0.4 is 5.32 Å². The number of rotatable bonds is 4. The molecule has 0 spiro atoms. The molecule has 1 amide bonds. The summed E-state index contributed by atoms with van der Waals surface area (Å²) in [6.07, 6.45) is 2.52. The van der Waals surface area contributed by atoms with Crippen molar-refractivity contribution in [2.45, 2.75) is 26.3 Å². The Kier molecular flexibility index (Phi) is 4.72. The second-order valence-corrected chi connectivity index (χ2v) is 6.05. The third kappa shape index (κ3) is 3.77. The molecule has 4 heteroatoms. The van der Waals surface area contributed by atoms with Crippen molar-refractivity contribution < 1.29 is 9.18 Å². The maximum atomic E-state index is 13.6. The Morgan fingerprint density at radius 1 is 1.17 bits per heavy atom. The van der Waals surface area contributed by atoms with Crippen LogP contribution in [-0.4, -0.2) is 23.9 Å². The molecule has 1 N–H and O–H groups in total. The number of amides is 1. The Morgan fingerprint density at radius 2 is 1.91 bits per heavy atom. The second kappa shape index (κ2) is 6.92.